The highest BCUT2D eigenvalue weighted by molar-refractivity contribution is 7.92. The maximum atomic E-state index is 12.5. The first-order chi connectivity index (χ1) is 10.3. The minimum absolute atomic E-state index is 0.0824. The molecule has 0 unspecified atom stereocenters. The number of carbonyl (C=O) groups excluding carboxylic acids is 1. The molecule has 1 aromatic heterocycles. The number of carbonyl (C=O) groups is 1. The molecule has 0 spiro atoms. The SMILES string of the molecule is CCC(=O)Oc1cscc1NS(=O)(=O)c1cccc(Cl)c1C. The fourth-order valence-electron chi connectivity index (χ4n) is 1.71. The normalized spacial score (nSPS) is 11.2. The molecule has 2 rings (SSSR count). The highest BCUT2D eigenvalue weighted by atomic mass is 35.5. The minimum atomic E-state index is -3.82. The van der Waals surface area contributed by atoms with E-state index in [-0.39, 0.29) is 22.8 Å². The molecule has 1 N–H and O–H groups in total. The lowest BCUT2D eigenvalue weighted by atomic mass is 10.2. The van der Waals surface area contributed by atoms with Crippen LogP contribution in [0.1, 0.15) is 18.9 Å². The Morgan fingerprint density at radius 1 is 1.36 bits per heavy atom. The summed E-state index contributed by atoms with van der Waals surface area (Å²) in [4.78, 5) is 11.4. The van der Waals surface area contributed by atoms with E-state index in [1.807, 2.05) is 0 Å². The van der Waals surface area contributed by atoms with Gasteiger partial charge in [-0.25, -0.2) is 8.42 Å². The van der Waals surface area contributed by atoms with E-state index in [0.717, 1.165) is 0 Å². The maximum Gasteiger partial charge on any atom is 0.311 e. The Kier molecular flexibility index (Phi) is 5.10. The standard InChI is InChI=1S/C14H14ClNO4S2/c1-3-14(17)20-12-8-21-7-11(12)16-22(18,19)13-6-4-5-10(15)9(13)2/h4-8,16H,3H2,1-2H3. The third-order valence-electron chi connectivity index (χ3n) is 2.89. The van der Waals surface area contributed by atoms with Crippen molar-refractivity contribution in [1.29, 1.82) is 0 Å². The number of benzene rings is 1. The average molecular weight is 360 g/mol. The molecule has 0 amide bonds. The largest absolute Gasteiger partial charge is 0.423 e. The molecular weight excluding hydrogens is 346 g/mol. The van der Waals surface area contributed by atoms with E-state index < -0.39 is 16.0 Å². The second-order valence-electron chi connectivity index (χ2n) is 4.45. The molecule has 0 saturated carbocycles. The van der Waals surface area contributed by atoms with E-state index in [4.69, 9.17) is 16.3 Å². The Hall–Kier alpha value is -1.57. The van der Waals surface area contributed by atoms with Crippen molar-refractivity contribution in [3.8, 4) is 5.75 Å². The predicted molar refractivity (Wildman–Crippen MR) is 87.2 cm³/mol. The fraction of sp³-hybridized carbons (Fsp3) is 0.214. The highest BCUT2D eigenvalue weighted by Crippen LogP contribution is 2.32. The molecule has 0 atom stereocenters. The van der Waals surface area contributed by atoms with Gasteiger partial charge >= 0.3 is 5.97 Å². The summed E-state index contributed by atoms with van der Waals surface area (Å²) in [7, 11) is -3.82. The zero-order valence-corrected chi connectivity index (χ0v) is 14.3. The van der Waals surface area contributed by atoms with Crippen LogP contribution in [-0.4, -0.2) is 14.4 Å². The molecular formula is C14H14ClNO4S2. The van der Waals surface area contributed by atoms with Gasteiger partial charge in [-0.3, -0.25) is 9.52 Å². The van der Waals surface area contributed by atoms with E-state index in [0.29, 0.717) is 10.6 Å². The molecule has 22 heavy (non-hydrogen) atoms. The van der Waals surface area contributed by atoms with E-state index in [9.17, 15) is 13.2 Å². The number of esters is 1. The molecule has 0 aliphatic carbocycles. The molecule has 1 heterocycles. The van der Waals surface area contributed by atoms with Gasteiger partial charge in [0.15, 0.2) is 5.75 Å². The van der Waals surface area contributed by atoms with Crippen molar-refractivity contribution in [2.24, 2.45) is 0 Å². The van der Waals surface area contributed by atoms with Crippen LogP contribution in [0.3, 0.4) is 0 Å². The van der Waals surface area contributed by atoms with Crippen LogP contribution in [0.2, 0.25) is 5.02 Å². The van der Waals surface area contributed by atoms with Crippen molar-refractivity contribution in [1.82, 2.24) is 0 Å². The van der Waals surface area contributed by atoms with Gasteiger partial charge in [-0.15, -0.1) is 11.3 Å². The van der Waals surface area contributed by atoms with Crippen LogP contribution in [0.4, 0.5) is 5.69 Å². The molecule has 0 aliphatic heterocycles. The summed E-state index contributed by atoms with van der Waals surface area (Å²) < 4.78 is 32.5. The number of nitrogens with one attached hydrogen (secondary N) is 1. The first-order valence-corrected chi connectivity index (χ1v) is 9.20. The van der Waals surface area contributed by atoms with Crippen molar-refractivity contribution in [3.63, 3.8) is 0 Å². The second-order valence-corrected chi connectivity index (χ2v) is 7.25. The van der Waals surface area contributed by atoms with Crippen molar-refractivity contribution in [2.45, 2.75) is 25.2 Å². The van der Waals surface area contributed by atoms with Gasteiger partial charge in [0.05, 0.1) is 4.90 Å². The van der Waals surface area contributed by atoms with Gasteiger partial charge in [-0.05, 0) is 24.6 Å². The van der Waals surface area contributed by atoms with Gasteiger partial charge in [0, 0.05) is 22.2 Å². The highest BCUT2D eigenvalue weighted by Gasteiger charge is 2.21. The van der Waals surface area contributed by atoms with Crippen molar-refractivity contribution < 1.29 is 17.9 Å². The number of hydrogen-bond donors (Lipinski definition) is 1. The second kappa shape index (κ2) is 6.68. The van der Waals surface area contributed by atoms with Gasteiger partial charge in [0.25, 0.3) is 10.0 Å². The third-order valence-corrected chi connectivity index (χ3v) is 5.53. The molecule has 1 aromatic carbocycles. The van der Waals surface area contributed by atoms with Crippen LogP contribution in [0.15, 0.2) is 33.9 Å². The van der Waals surface area contributed by atoms with Crippen LogP contribution >= 0.6 is 22.9 Å². The van der Waals surface area contributed by atoms with Gasteiger partial charge in [-0.1, -0.05) is 24.6 Å². The molecule has 0 radical (unpaired) electrons. The number of hydrogen-bond acceptors (Lipinski definition) is 5. The number of thiophene rings is 1. The first-order valence-electron chi connectivity index (χ1n) is 6.40. The minimum Gasteiger partial charge on any atom is -0.423 e. The Morgan fingerprint density at radius 3 is 2.77 bits per heavy atom. The Bertz CT molecular complexity index is 799. The molecule has 8 heteroatoms. The number of halogens is 1. The predicted octanol–water partition coefficient (Wildman–Crippen LogP) is 3.83. The van der Waals surface area contributed by atoms with Gasteiger partial charge in [0.2, 0.25) is 0 Å². The smallest absolute Gasteiger partial charge is 0.311 e. The molecule has 0 aliphatic rings. The first kappa shape index (κ1) is 16.8. The van der Waals surface area contributed by atoms with E-state index in [1.165, 1.54) is 17.4 Å². The molecule has 0 fully saturated rings. The maximum absolute atomic E-state index is 12.5. The molecule has 2 aromatic rings. The topological polar surface area (TPSA) is 72.5 Å². The number of sulfonamides is 1. The lowest BCUT2D eigenvalue weighted by Gasteiger charge is -2.11. The summed E-state index contributed by atoms with van der Waals surface area (Å²) in [6.07, 6.45) is 0.204. The monoisotopic (exact) mass is 359 g/mol. The van der Waals surface area contributed by atoms with E-state index in [2.05, 4.69) is 4.72 Å². The van der Waals surface area contributed by atoms with Crippen LogP contribution in [0.5, 0.6) is 5.75 Å². The van der Waals surface area contributed by atoms with Crippen molar-refractivity contribution in [2.75, 3.05) is 4.72 Å². The summed E-state index contributed by atoms with van der Waals surface area (Å²) >= 11 is 7.19. The summed E-state index contributed by atoms with van der Waals surface area (Å²) in [6.45, 7) is 3.29. The van der Waals surface area contributed by atoms with Crippen molar-refractivity contribution >= 4 is 44.6 Å². The van der Waals surface area contributed by atoms with Crippen LogP contribution in [0, 0.1) is 6.92 Å². The van der Waals surface area contributed by atoms with E-state index in [1.54, 1.807) is 36.7 Å². The van der Waals surface area contributed by atoms with Crippen LogP contribution in [0.25, 0.3) is 0 Å². The van der Waals surface area contributed by atoms with E-state index >= 15 is 0 Å². The quantitative estimate of drug-likeness (QED) is 0.823. The van der Waals surface area contributed by atoms with Gasteiger partial charge in [-0.2, -0.15) is 0 Å². The van der Waals surface area contributed by atoms with Crippen molar-refractivity contribution in [3.05, 3.63) is 39.5 Å². The Morgan fingerprint density at radius 2 is 2.09 bits per heavy atom. The molecule has 0 bridgehead atoms. The van der Waals surface area contributed by atoms with Crippen LogP contribution in [-0.2, 0) is 14.8 Å². The summed E-state index contributed by atoms with van der Waals surface area (Å²) in [5.41, 5.74) is 0.685. The summed E-state index contributed by atoms with van der Waals surface area (Å²) in [5.74, 6) is -0.238. The third kappa shape index (κ3) is 3.60. The Balaban J connectivity index is 2.32. The lowest BCUT2D eigenvalue weighted by molar-refractivity contribution is -0.133. The number of ether oxygens (including phenoxy) is 1. The number of rotatable bonds is 5. The zero-order valence-electron chi connectivity index (χ0n) is 11.9. The zero-order chi connectivity index (χ0) is 16.3. The molecule has 0 saturated heterocycles. The fourth-order valence-corrected chi connectivity index (χ4v) is 4.02. The lowest BCUT2D eigenvalue weighted by Crippen LogP contribution is -2.15. The Labute approximate surface area is 137 Å². The molecule has 118 valence electrons. The molecule has 5 nitrogen and oxygen atoms in total. The van der Waals surface area contributed by atoms with Crippen LogP contribution < -0.4 is 9.46 Å². The van der Waals surface area contributed by atoms with Gasteiger partial charge in [0.1, 0.15) is 5.69 Å². The summed E-state index contributed by atoms with van der Waals surface area (Å²) in [5, 5.41) is 3.50. The number of anilines is 1. The summed E-state index contributed by atoms with van der Waals surface area (Å²) in [6, 6.07) is 4.65. The van der Waals surface area contributed by atoms with Gasteiger partial charge < -0.3 is 4.74 Å². The average Bonchev–Trinajstić information content (AvgIpc) is 2.87.